The van der Waals surface area contributed by atoms with E-state index in [1.54, 1.807) is 12.1 Å². The van der Waals surface area contributed by atoms with E-state index < -0.39 is 0 Å². The van der Waals surface area contributed by atoms with Gasteiger partial charge in [-0.05, 0) is 29.0 Å². The van der Waals surface area contributed by atoms with E-state index in [0.717, 1.165) is 10.8 Å². The van der Waals surface area contributed by atoms with Gasteiger partial charge in [-0.2, -0.15) is 0 Å². The van der Waals surface area contributed by atoms with Crippen LogP contribution in [0.4, 0.5) is 0 Å². The Morgan fingerprint density at radius 1 is 0.944 bits per heavy atom. The number of hydrogen-bond donors (Lipinski definition) is 0. The maximum Gasteiger partial charge on any atom is 0.290 e. The van der Waals surface area contributed by atoms with Crippen molar-refractivity contribution in [1.29, 1.82) is 0 Å². The third-order valence-corrected chi connectivity index (χ3v) is 2.66. The predicted molar refractivity (Wildman–Crippen MR) is 68.1 cm³/mol. The first kappa shape index (κ1) is 10.6. The van der Waals surface area contributed by atoms with Gasteiger partial charge < -0.3 is 9.15 Å². The van der Waals surface area contributed by atoms with Crippen LogP contribution in [0.15, 0.2) is 59.0 Å². The molecule has 0 aliphatic heterocycles. The first-order valence-corrected chi connectivity index (χ1v) is 5.57. The van der Waals surface area contributed by atoms with Gasteiger partial charge in [-0.15, -0.1) is 0 Å². The van der Waals surface area contributed by atoms with Crippen molar-refractivity contribution in [1.82, 2.24) is 0 Å². The lowest BCUT2D eigenvalue weighted by molar-refractivity contribution is 0.109. The highest BCUT2D eigenvalue weighted by Gasteiger charge is 2.04. The van der Waals surface area contributed by atoms with Crippen LogP contribution in [0.2, 0.25) is 0 Å². The van der Waals surface area contributed by atoms with Gasteiger partial charge in [0.2, 0.25) is 0 Å². The summed E-state index contributed by atoms with van der Waals surface area (Å²) in [5.41, 5.74) is 0. The maximum absolute atomic E-state index is 10.5. The molecule has 0 amide bonds. The van der Waals surface area contributed by atoms with Gasteiger partial charge in [-0.1, -0.05) is 30.3 Å². The predicted octanol–water partition coefficient (Wildman–Crippen LogP) is 4.04. The normalized spacial score (nSPS) is 10.4. The van der Waals surface area contributed by atoms with E-state index in [2.05, 4.69) is 0 Å². The average molecular weight is 238 g/mol. The number of fused-ring (bicyclic) bond motifs is 1. The minimum absolute atomic E-state index is 0.255. The second-order valence-electron chi connectivity index (χ2n) is 3.89. The van der Waals surface area contributed by atoms with Gasteiger partial charge in [0.15, 0.2) is 12.0 Å². The Labute approximate surface area is 104 Å². The van der Waals surface area contributed by atoms with E-state index in [-0.39, 0.29) is 5.76 Å². The number of hydrogen-bond acceptors (Lipinski definition) is 3. The van der Waals surface area contributed by atoms with E-state index in [9.17, 15) is 4.79 Å². The molecule has 3 rings (SSSR count). The van der Waals surface area contributed by atoms with Crippen LogP contribution in [0.3, 0.4) is 0 Å². The molecule has 0 fully saturated rings. The van der Waals surface area contributed by atoms with Gasteiger partial charge in [0.1, 0.15) is 5.75 Å². The summed E-state index contributed by atoms with van der Waals surface area (Å²) in [4.78, 5) is 10.5. The molecule has 0 saturated heterocycles. The zero-order valence-corrected chi connectivity index (χ0v) is 9.50. The number of aldehydes is 1. The van der Waals surface area contributed by atoms with Crippen LogP contribution in [0.25, 0.3) is 10.8 Å². The third-order valence-electron chi connectivity index (χ3n) is 2.66. The van der Waals surface area contributed by atoms with E-state index in [4.69, 9.17) is 9.15 Å². The summed E-state index contributed by atoms with van der Waals surface area (Å²) in [5.74, 6) is 1.25. The van der Waals surface area contributed by atoms with Crippen LogP contribution >= 0.6 is 0 Å². The Morgan fingerprint density at radius 3 is 2.56 bits per heavy atom. The number of carbonyl (C=O) groups excluding carboxylic acids is 1. The fraction of sp³-hybridized carbons (Fsp3) is 0. The van der Waals surface area contributed by atoms with Gasteiger partial charge in [-0.3, -0.25) is 4.79 Å². The number of furan rings is 1. The van der Waals surface area contributed by atoms with Crippen molar-refractivity contribution >= 4 is 17.1 Å². The lowest BCUT2D eigenvalue weighted by Crippen LogP contribution is -1.82. The summed E-state index contributed by atoms with van der Waals surface area (Å²) in [6.07, 6.45) is 0.646. The second-order valence-corrected chi connectivity index (χ2v) is 3.89. The van der Waals surface area contributed by atoms with Gasteiger partial charge >= 0.3 is 0 Å². The third kappa shape index (κ3) is 1.98. The van der Waals surface area contributed by atoms with E-state index in [1.165, 1.54) is 0 Å². The van der Waals surface area contributed by atoms with Crippen LogP contribution in [-0.2, 0) is 0 Å². The van der Waals surface area contributed by atoms with Crippen molar-refractivity contribution in [2.45, 2.75) is 0 Å². The summed E-state index contributed by atoms with van der Waals surface area (Å²) in [5, 5.41) is 2.25. The molecule has 3 nitrogen and oxygen atoms in total. The standard InChI is InChI=1S/C15H10O3/c16-10-14-7-8-15(18-14)17-13-6-5-11-3-1-2-4-12(11)9-13/h1-10H. The molecule has 88 valence electrons. The van der Waals surface area contributed by atoms with E-state index in [0.29, 0.717) is 18.0 Å². The molecule has 3 heteroatoms. The number of rotatable bonds is 3. The summed E-state index contributed by atoms with van der Waals surface area (Å²) < 4.78 is 10.7. The molecule has 0 N–H and O–H groups in total. The van der Waals surface area contributed by atoms with Crippen LogP contribution in [0.1, 0.15) is 10.6 Å². The minimum atomic E-state index is 0.255. The topological polar surface area (TPSA) is 39.4 Å². The number of carbonyl (C=O) groups is 1. The zero-order chi connectivity index (χ0) is 12.4. The van der Waals surface area contributed by atoms with Crippen molar-refractivity contribution in [2.75, 3.05) is 0 Å². The molecule has 1 heterocycles. The van der Waals surface area contributed by atoms with Gasteiger partial charge in [0, 0.05) is 6.07 Å². The zero-order valence-electron chi connectivity index (χ0n) is 9.50. The molecular formula is C15H10O3. The Hall–Kier alpha value is -2.55. The summed E-state index contributed by atoms with van der Waals surface area (Å²) in [6.45, 7) is 0. The smallest absolute Gasteiger partial charge is 0.290 e. The van der Waals surface area contributed by atoms with Gasteiger partial charge in [-0.25, -0.2) is 0 Å². The molecule has 0 bridgehead atoms. The molecule has 0 atom stereocenters. The fourth-order valence-corrected chi connectivity index (χ4v) is 1.80. The van der Waals surface area contributed by atoms with Crippen molar-refractivity contribution in [3.63, 3.8) is 0 Å². The molecule has 2 aromatic carbocycles. The Balaban J connectivity index is 1.92. The molecule has 3 aromatic rings. The van der Waals surface area contributed by atoms with Gasteiger partial charge in [0.25, 0.3) is 5.95 Å². The first-order chi connectivity index (χ1) is 8.85. The Morgan fingerprint density at radius 2 is 1.78 bits per heavy atom. The molecule has 0 aliphatic carbocycles. The number of ether oxygens (including phenoxy) is 1. The van der Waals surface area contributed by atoms with Crippen LogP contribution in [-0.4, -0.2) is 6.29 Å². The minimum Gasteiger partial charge on any atom is -0.426 e. The number of benzene rings is 2. The molecular weight excluding hydrogens is 228 g/mol. The summed E-state index contributed by atoms with van der Waals surface area (Å²) >= 11 is 0. The highest BCUT2D eigenvalue weighted by molar-refractivity contribution is 5.83. The molecule has 0 unspecified atom stereocenters. The van der Waals surface area contributed by atoms with Crippen molar-refractivity contribution in [2.24, 2.45) is 0 Å². The van der Waals surface area contributed by atoms with Crippen molar-refractivity contribution in [3.8, 4) is 11.7 Å². The van der Waals surface area contributed by atoms with Crippen LogP contribution < -0.4 is 4.74 Å². The lowest BCUT2D eigenvalue weighted by Gasteiger charge is -2.03. The van der Waals surface area contributed by atoms with E-state index in [1.807, 2.05) is 42.5 Å². The largest absolute Gasteiger partial charge is 0.426 e. The first-order valence-electron chi connectivity index (χ1n) is 5.57. The monoisotopic (exact) mass is 238 g/mol. The molecule has 0 radical (unpaired) electrons. The van der Waals surface area contributed by atoms with Crippen LogP contribution in [0, 0.1) is 0 Å². The fourth-order valence-electron chi connectivity index (χ4n) is 1.80. The molecule has 18 heavy (non-hydrogen) atoms. The Kier molecular flexibility index (Phi) is 2.57. The van der Waals surface area contributed by atoms with Crippen molar-refractivity contribution in [3.05, 3.63) is 60.4 Å². The molecule has 0 spiro atoms. The molecule has 0 saturated carbocycles. The molecule has 0 aliphatic rings. The SMILES string of the molecule is O=Cc1ccc(Oc2ccc3ccccc3c2)o1. The highest BCUT2D eigenvalue weighted by Crippen LogP contribution is 2.26. The van der Waals surface area contributed by atoms with Crippen molar-refractivity contribution < 1.29 is 13.9 Å². The molecule has 1 aromatic heterocycles. The van der Waals surface area contributed by atoms with Gasteiger partial charge in [0.05, 0.1) is 0 Å². The average Bonchev–Trinajstić information content (AvgIpc) is 2.86. The second kappa shape index (κ2) is 4.37. The maximum atomic E-state index is 10.5. The Bertz CT molecular complexity index is 698. The summed E-state index contributed by atoms with van der Waals surface area (Å²) in [7, 11) is 0. The highest BCUT2D eigenvalue weighted by atomic mass is 16.6. The quantitative estimate of drug-likeness (QED) is 0.646. The van der Waals surface area contributed by atoms with Crippen LogP contribution in [0.5, 0.6) is 11.7 Å². The lowest BCUT2D eigenvalue weighted by atomic mass is 10.1. The van der Waals surface area contributed by atoms with E-state index >= 15 is 0 Å². The summed E-state index contributed by atoms with van der Waals surface area (Å²) in [6, 6.07) is 17.0.